The average molecular weight is 365 g/mol. The van der Waals surface area contributed by atoms with Gasteiger partial charge >= 0.3 is 6.72 Å². The maximum atomic E-state index is 9.45. The second kappa shape index (κ2) is 11.2. The summed E-state index contributed by atoms with van der Waals surface area (Å²) < 4.78 is 10.2. The third-order valence-corrected chi connectivity index (χ3v) is 3.15. The van der Waals surface area contributed by atoms with Crippen molar-refractivity contribution in [2.24, 2.45) is 0 Å². The van der Waals surface area contributed by atoms with E-state index in [1.807, 2.05) is 0 Å². The zero-order chi connectivity index (χ0) is 10.2. The molecule has 14 heavy (non-hydrogen) atoms. The number of hydrogen-bond donors (Lipinski definition) is 1. The van der Waals surface area contributed by atoms with Gasteiger partial charge in [-0.15, -0.1) is 0 Å². The first kappa shape index (κ1) is 18.1. The van der Waals surface area contributed by atoms with Crippen molar-refractivity contribution in [2.45, 2.75) is 39.5 Å². The Morgan fingerprint density at radius 3 is 1.71 bits per heavy atom. The smallest absolute Gasteiger partial charge is 0.324 e. The van der Waals surface area contributed by atoms with Crippen molar-refractivity contribution in [2.75, 3.05) is 13.2 Å². The van der Waals surface area contributed by atoms with Crippen molar-refractivity contribution in [1.82, 2.24) is 0 Å². The first-order valence-electron chi connectivity index (χ1n) is 4.74. The van der Waals surface area contributed by atoms with Crippen LogP contribution >= 0.6 is 6.72 Å². The molecule has 3 nitrogen and oxygen atoms in total. The Morgan fingerprint density at radius 1 is 1.07 bits per heavy atom. The van der Waals surface area contributed by atoms with Crippen molar-refractivity contribution >= 4 is 18.5 Å². The summed E-state index contributed by atoms with van der Waals surface area (Å²) in [5.41, 5.74) is 0. The van der Waals surface area contributed by atoms with Crippen LogP contribution in [0.4, 0.5) is 0 Å². The van der Waals surface area contributed by atoms with Gasteiger partial charge in [-0.25, -0.2) is 0 Å². The zero-order valence-corrected chi connectivity index (χ0v) is 14.3. The van der Waals surface area contributed by atoms with E-state index in [9.17, 15) is 4.89 Å². The Balaban J connectivity index is 0. The topological polar surface area (TPSA) is 38.7 Å². The van der Waals surface area contributed by atoms with Crippen LogP contribution in [0.25, 0.3) is 0 Å². The van der Waals surface area contributed by atoms with Gasteiger partial charge in [0.1, 0.15) is 0 Å². The van der Waals surface area contributed by atoms with Crippen LogP contribution in [-0.4, -0.2) is 18.1 Å². The summed E-state index contributed by atoms with van der Waals surface area (Å²) in [6, 6.07) is 0. The van der Waals surface area contributed by atoms with E-state index >= 15 is 0 Å². The molecule has 0 aliphatic carbocycles. The Morgan fingerprint density at radius 2 is 1.43 bits per heavy atom. The van der Waals surface area contributed by atoms with Crippen LogP contribution < -0.4 is 0 Å². The molecule has 0 heterocycles. The average Bonchev–Trinajstić information content (AvgIpc) is 2.05. The van der Waals surface area contributed by atoms with Crippen molar-refractivity contribution in [3.63, 3.8) is 0 Å². The molecule has 0 aromatic carbocycles. The van der Waals surface area contributed by atoms with Gasteiger partial charge in [0.25, 0.3) is 0 Å². The third kappa shape index (κ3) is 11.8. The van der Waals surface area contributed by atoms with Crippen molar-refractivity contribution in [3.05, 3.63) is 0 Å². The van der Waals surface area contributed by atoms with Gasteiger partial charge in [0.05, 0.1) is 13.2 Å². The van der Waals surface area contributed by atoms with E-state index in [1.54, 1.807) is 0 Å². The minimum absolute atomic E-state index is 0. The van der Waals surface area contributed by atoms with Crippen LogP contribution in [0.1, 0.15) is 39.5 Å². The molecule has 0 spiro atoms. The Bertz CT molecular complexity index is 155. The van der Waals surface area contributed by atoms with E-state index in [-0.39, 0.29) is 35.6 Å². The molecule has 0 rings (SSSR count). The molecule has 0 fully saturated rings. The monoisotopic (exact) mass is 365 g/mol. The molecule has 0 aromatic rings. The molecule has 0 aliphatic rings. The molecule has 0 aliphatic heterocycles. The van der Waals surface area contributed by atoms with Crippen LogP contribution in [0.5, 0.6) is 0 Å². The first-order valence-corrected chi connectivity index (χ1v) is 7.33. The molecule has 6 heteroatoms. The molecule has 0 bridgehead atoms. The summed E-state index contributed by atoms with van der Waals surface area (Å²) in [5.74, 6) is 0. The maximum absolute atomic E-state index is 9.45. The fraction of sp³-hybridized carbons (Fsp3) is 1.00. The molecule has 0 atom stereocenters. The molecule has 1 radical (unpaired) electrons. The summed E-state index contributed by atoms with van der Waals surface area (Å²) in [6.45, 7) is 2.19. The standard InChI is InChI=1S/C8H19O3PS.La/c1-3-5-7-10-12(9,13)11-8-6-4-2;/h3-8H2,1-2H3,(H,9,13);. The molecule has 1 N–H and O–H groups in total. The summed E-state index contributed by atoms with van der Waals surface area (Å²) in [5, 5.41) is 0. The van der Waals surface area contributed by atoms with Gasteiger partial charge in [-0.2, -0.15) is 0 Å². The molecule has 83 valence electrons. The van der Waals surface area contributed by atoms with E-state index in [0.29, 0.717) is 13.2 Å². The SMILES string of the molecule is CCCCOP(O)(=S)OCCCC.[La]. The first-order chi connectivity index (χ1) is 6.12. The Labute approximate surface area is 120 Å². The van der Waals surface area contributed by atoms with Gasteiger partial charge in [-0.3, -0.25) is 0 Å². The Kier molecular flexibility index (Phi) is 14.5. The van der Waals surface area contributed by atoms with E-state index in [0.717, 1.165) is 25.7 Å². The van der Waals surface area contributed by atoms with E-state index < -0.39 is 6.72 Å². The summed E-state index contributed by atoms with van der Waals surface area (Å²) in [7, 11) is 0. The number of rotatable bonds is 8. The van der Waals surface area contributed by atoms with Crippen LogP contribution in [0.2, 0.25) is 0 Å². The van der Waals surface area contributed by atoms with Crippen LogP contribution in [0.15, 0.2) is 0 Å². The maximum Gasteiger partial charge on any atom is 0.324 e. The summed E-state index contributed by atoms with van der Waals surface area (Å²) in [4.78, 5) is 9.45. The minimum Gasteiger partial charge on any atom is -0.324 e. The molecular formula is C8H19LaO3PS. The molecule has 0 amide bonds. The van der Waals surface area contributed by atoms with Crippen molar-refractivity contribution in [1.29, 1.82) is 0 Å². The molecule has 0 aromatic heterocycles. The number of unbranched alkanes of at least 4 members (excludes halogenated alkanes) is 2. The van der Waals surface area contributed by atoms with Gasteiger partial charge < -0.3 is 13.9 Å². The van der Waals surface area contributed by atoms with E-state index in [2.05, 4.69) is 13.8 Å². The van der Waals surface area contributed by atoms with Gasteiger partial charge in [0, 0.05) is 35.6 Å². The number of hydrogen-bond acceptors (Lipinski definition) is 3. The predicted molar refractivity (Wildman–Crippen MR) is 58.2 cm³/mol. The van der Waals surface area contributed by atoms with E-state index in [1.165, 1.54) is 0 Å². The predicted octanol–water partition coefficient (Wildman–Crippen LogP) is 2.84. The zero-order valence-electron chi connectivity index (χ0n) is 8.94. The van der Waals surface area contributed by atoms with Gasteiger partial charge in [-0.05, 0) is 24.6 Å². The third-order valence-electron chi connectivity index (χ3n) is 1.50. The quantitative estimate of drug-likeness (QED) is 0.531. The van der Waals surface area contributed by atoms with Crippen LogP contribution in [-0.2, 0) is 20.9 Å². The molecule has 0 unspecified atom stereocenters. The normalized spacial score (nSPS) is 11.1. The largest absolute Gasteiger partial charge is 0.324 e. The molecule has 0 saturated carbocycles. The summed E-state index contributed by atoms with van der Waals surface area (Å²) >= 11 is 4.79. The second-order valence-electron chi connectivity index (χ2n) is 2.84. The molecule has 0 saturated heterocycles. The summed E-state index contributed by atoms with van der Waals surface area (Å²) in [6.07, 6.45) is 3.89. The van der Waals surface area contributed by atoms with Gasteiger partial charge in [0.15, 0.2) is 0 Å². The van der Waals surface area contributed by atoms with E-state index in [4.69, 9.17) is 20.9 Å². The molecular weight excluding hydrogens is 346 g/mol. The second-order valence-corrected chi connectivity index (χ2v) is 5.68. The van der Waals surface area contributed by atoms with Gasteiger partial charge in [-0.1, -0.05) is 26.7 Å². The van der Waals surface area contributed by atoms with Crippen molar-refractivity contribution in [3.8, 4) is 0 Å². The van der Waals surface area contributed by atoms with Crippen molar-refractivity contribution < 1.29 is 49.5 Å². The van der Waals surface area contributed by atoms with Crippen LogP contribution in [0, 0.1) is 35.6 Å². The fourth-order valence-electron chi connectivity index (χ4n) is 0.686. The fourth-order valence-corrected chi connectivity index (χ4v) is 1.93. The Hall–Kier alpha value is 1.72. The minimum atomic E-state index is -2.92. The van der Waals surface area contributed by atoms with Gasteiger partial charge in [0.2, 0.25) is 0 Å². The van der Waals surface area contributed by atoms with Crippen LogP contribution in [0.3, 0.4) is 0 Å².